The number of nitrogens with two attached hydrogens (primary N) is 1. The van der Waals surface area contributed by atoms with Crippen LogP contribution in [-0.2, 0) is 16.4 Å². The Kier molecular flexibility index (Phi) is 7.05. The van der Waals surface area contributed by atoms with Crippen molar-refractivity contribution in [2.75, 3.05) is 13.1 Å². The van der Waals surface area contributed by atoms with Crippen LogP contribution in [0.5, 0.6) is 0 Å². The van der Waals surface area contributed by atoms with E-state index in [1.165, 1.54) is 0 Å². The van der Waals surface area contributed by atoms with Gasteiger partial charge in [-0.15, -0.1) is 0 Å². The highest BCUT2D eigenvalue weighted by atomic mass is 32.2. The van der Waals surface area contributed by atoms with E-state index in [0.717, 1.165) is 37.7 Å². The third-order valence-electron chi connectivity index (χ3n) is 2.99. The zero-order valence-corrected chi connectivity index (χ0v) is 12.4. The molecular weight excluding hydrogens is 260 g/mol. The summed E-state index contributed by atoms with van der Waals surface area (Å²) >= 11 is 0. The lowest BCUT2D eigenvalue weighted by Gasteiger charge is -2.07. The van der Waals surface area contributed by atoms with Crippen LogP contribution in [0.3, 0.4) is 0 Å². The summed E-state index contributed by atoms with van der Waals surface area (Å²) in [5.41, 5.74) is 6.52. The molecule has 1 rings (SSSR count). The molecule has 0 bridgehead atoms. The molecule has 0 atom stereocenters. The van der Waals surface area contributed by atoms with Crippen molar-refractivity contribution in [3.05, 3.63) is 29.8 Å². The van der Waals surface area contributed by atoms with Gasteiger partial charge in [0.2, 0.25) is 10.0 Å². The molecule has 0 aliphatic carbocycles. The molecule has 108 valence electrons. The van der Waals surface area contributed by atoms with Gasteiger partial charge in [0.25, 0.3) is 0 Å². The smallest absolute Gasteiger partial charge is 0.240 e. The summed E-state index contributed by atoms with van der Waals surface area (Å²) in [6.45, 7) is 3.21. The normalized spacial score (nSPS) is 11.7. The second kappa shape index (κ2) is 8.30. The van der Waals surface area contributed by atoms with Crippen molar-refractivity contribution in [3.63, 3.8) is 0 Å². The van der Waals surface area contributed by atoms with Gasteiger partial charge in [0.05, 0.1) is 4.90 Å². The van der Waals surface area contributed by atoms with Crippen LogP contribution in [0.4, 0.5) is 0 Å². The van der Waals surface area contributed by atoms with Gasteiger partial charge >= 0.3 is 0 Å². The Morgan fingerprint density at radius 2 is 1.79 bits per heavy atom. The number of hydrogen-bond donors (Lipinski definition) is 2. The molecule has 19 heavy (non-hydrogen) atoms. The van der Waals surface area contributed by atoms with Crippen molar-refractivity contribution < 1.29 is 8.42 Å². The molecule has 0 aliphatic heterocycles. The van der Waals surface area contributed by atoms with Crippen LogP contribution >= 0.6 is 0 Å². The maximum absolute atomic E-state index is 12.0. The highest BCUT2D eigenvalue weighted by molar-refractivity contribution is 7.89. The van der Waals surface area contributed by atoms with Crippen LogP contribution in [0.25, 0.3) is 0 Å². The fraction of sp³-hybridized carbons (Fsp3) is 0.571. The van der Waals surface area contributed by atoms with E-state index in [2.05, 4.69) is 11.6 Å². The number of rotatable bonds is 9. The molecule has 1 aromatic rings. The minimum atomic E-state index is -3.36. The van der Waals surface area contributed by atoms with E-state index in [0.29, 0.717) is 18.0 Å². The summed E-state index contributed by atoms with van der Waals surface area (Å²) < 4.78 is 26.6. The second-order valence-corrected chi connectivity index (χ2v) is 6.41. The van der Waals surface area contributed by atoms with Gasteiger partial charge in [-0.3, -0.25) is 0 Å². The average Bonchev–Trinajstić information content (AvgIpc) is 2.39. The molecule has 3 N–H and O–H groups in total. The molecule has 0 amide bonds. The van der Waals surface area contributed by atoms with Gasteiger partial charge in [0.15, 0.2) is 0 Å². The van der Waals surface area contributed by atoms with Crippen LogP contribution < -0.4 is 10.5 Å². The molecule has 0 unspecified atom stereocenters. The Balaban J connectivity index is 2.52. The van der Waals surface area contributed by atoms with E-state index < -0.39 is 10.0 Å². The zero-order valence-electron chi connectivity index (χ0n) is 11.6. The van der Waals surface area contributed by atoms with E-state index in [9.17, 15) is 8.42 Å². The van der Waals surface area contributed by atoms with Crippen molar-refractivity contribution in [2.45, 2.75) is 43.9 Å². The summed E-state index contributed by atoms with van der Waals surface area (Å²) in [7, 11) is -3.36. The molecule has 0 aromatic heterocycles. The van der Waals surface area contributed by atoms with Crippen LogP contribution in [0, 0.1) is 0 Å². The molecule has 4 nitrogen and oxygen atoms in total. The first-order chi connectivity index (χ1) is 9.10. The Morgan fingerprint density at radius 1 is 1.11 bits per heavy atom. The molecule has 0 heterocycles. The van der Waals surface area contributed by atoms with Gasteiger partial charge in [0.1, 0.15) is 0 Å². The van der Waals surface area contributed by atoms with Gasteiger partial charge < -0.3 is 5.73 Å². The first-order valence-corrected chi connectivity index (χ1v) is 8.37. The molecular formula is C14H24N2O2S. The topological polar surface area (TPSA) is 72.2 Å². The maximum atomic E-state index is 12.0. The zero-order chi connectivity index (χ0) is 14.1. The molecule has 1 aromatic carbocycles. The molecule has 0 spiro atoms. The highest BCUT2D eigenvalue weighted by Gasteiger charge is 2.12. The van der Waals surface area contributed by atoms with E-state index in [1.54, 1.807) is 12.1 Å². The summed E-state index contributed by atoms with van der Waals surface area (Å²) in [5.74, 6) is 0. The van der Waals surface area contributed by atoms with E-state index in [1.807, 2.05) is 12.1 Å². The lowest BCUT2D eigenvalue weighted by atomic mass is 10.2. The summed E-state index contributed by atoms with van der Waals surface area (Å²) in [6, 6.07) is 6.91. The minimum Gasteiger partial charge on any atom is -0.330 e. The van der Waals surface area contributed by atoms with Gasteiger partial charge in [-0.2, -0.15) is 0 Å². The monoisotopic (exact) mass is 284 g/mol. The number of nitrogens with one attached hydrogen (secondary N) is 1. The Bertz CT molecular complexity index is 455. The Hall–Kier alpha value is -0.910. The number of benzene rings is 1. The molecule has 0 aliphatic rings. The Labute approximate surface area is 116 Å². The third-order valence-corrected chi connectivity index (χ3v) is 4.47. The van der Waals surface area contributed by atoms with Gasteiger partial charge in [-0.1, -0.05) is 38.3 Å². The predicted molar refractivity (Wildman–Crippen MR) is 78.5 cm³/mol. The minimum absolute atomic E-state index is 0.323. The van der Waals surface area contributed by atoms with Crippen LogP contribution in [0.1, 0.15) is 38.2 Å². The van der Waals surface area contributed by atoms with Gasteiger partial charge in [0, 0.05) is 6.54 Å². The fourth-order valence-corrected chi connectivity index (χ4v) is 2.92. The maximum Gasteiger partial charge on any atom is 0.240 e. The van der Waals surface area contributed by atoms with Gasteiger partial charge in [-0.05, 0) is 37.1 Å². The number of sulfonamides is 1. The molecule has 0 radical (unpaired) electrons. The van der Waals surface area contributed by atoms with E-state index >= 15 is 0 Å². The number of unbranched alkanes of at least 4 members (excludes halogenated alkanes) is 3. The molecule has 0 saturated carbocycles. The molecule has 0 fully saturated rings. The van der Waals surface area contributed by atoms with Crippen molar-refractivity contribution in [1.29, 1.82) is 0 Å². The van der Waals surface area contributed by atoms with Crippen LogP contribution in [0.15, 0.2) is 29.2 Å². The third kappa shape index (κ3) is 5.72. The second-order valence-electron chi connectivity index (χ2n) is 4.64. The van der Waals surface area contributed by atoms with E-state index in [-0.39, 0.29) is 0 Å². The lowest BCUT2D eigenvalue weighted by Crippen LogP contribution is -2.24. The Morgan fingerprint density at radius 3 is 2.37 bits per heavy atom. The van der Waals surface area contributed by atoms with Crippen molar-refractivity contribution in [1.82, 2.24) is 4.72 Å². The SMILES string of the molecule is CCCCCCNS(=O)(=O)c1ccc(CCN)cc1. The standard InChI is InChI=1S/C14H24N2O2S/c1-2-3-4-5-12-16-19(17,18)14-8-6-13(7-9-14)10-11-15/h6-9,16H,2-5,10-12,15H2,1H3. The fourth-order valence-electron chi connectivity index (χ4n) is 1.84. The highest BCUT2D eigenvalue weighted by Crippen LogP contribution is 2.11. The van der Waals surface area contributed by atoms with Crippen molar-refractivity contribution >= 4 is 10.0 Å². The predicted octanol–water partition coefficient (Wildman–Crippen LogP) is 2.05. The first-order valence-electron chi connectivity index (χ1n) is 6.89. The summed E-state index contributed by atoms with van der Waals surface area (Å²) in [6.07, 6.45) is 5.02. The molecule has 5 heteroatoms. The lowest BCUT2D eigenvalue weighted by molar-refractivity contribution is 0.573. The summed E-state index contributed by atoms with van der Waals surface area (Å²) in [5, 5.41) is 0. The first kappa shape index (κ1) is 16.1. The largest absolute Gasteiger partial charge is 0.330 e. The van der Waals surface area contributed by atoms with Crippen LogP contribution in [-0.4, -0.2) is 21.5 Å². The van der Waals surface area contributed by atoms with Crippen LogP contribution in [0.2, 0.25) is 0 Å². The van der Waals surface area contributed by atoms with Crippen molar-refractivity contribution in [2.24, 2.45) is 5.73 Å². The van der Waals surface area contributed by atoms with Gasteiger partial charge in [-0.25, -0.2) is 13.1 Å². The molecule has 0 saturated heterocycles. The number of hydrogen-bond acceptors (Lipinski definition) is 3. The summed E-state index contributed by atoms with van der Waals surface area (Å²) in [4.78, 5) is 0.323. The average molecular weight is 284 g/mol. The quantitative estimate of drug-likeness (QED) is 0.682. The van der Waals surface area contributed by atoms with Crippen molar-refractivity contribution in [3.8, 4) is 0 Å². The van der Waals surface area contributed by atoms with E-state index in [4.69, 9.17) is 5.73 Å².